The van der Waals surface area contributed by atoms with E-state index in [2.05, 4.69) is 31.1 Å². The Kier molecular flexibility index (Phi) is 6.01. The lowest BCUT2D eigenvalue weighted by atomic mass is 9.82. The van der Waals surface area contributed by atoms with Crippen LogP contribution >= 0.6 is 0 Å². The molecule has 0 radical (unpaired) electrons. The van der Waals surface area contributed by atoms with Crippen molar-refractivity contribution < 1.29 is 14.7 Å². The lowest BCUT2D eigenvalue weighted by molar-refractivity contribution is -0.149. The number of carbonyl (C=O) groups is 2. The van der Waals surface area contributed by atoms with Crippen LogP contribution < -0.4 is 5.32 Å². The van der Waals surface area contributed by atoms with Gasteiger partial charge in [-0.15, -0.1) is 0 Å². The first-order chi connectivity index (χ1) is 9.77. The number of nitrogens with zero attached hydrogens (tertiary/aromatic N) is 2. The van der Waals surface area contributed by atoms with E-state index in [0.717, 1.165) is 0 Å². The molecule has 1 heterocycles. The molecule has 1 saturated heterocycles. The van der Waals surface area contributed by atoms with Gasteiger partial charge in [0.05, 0.1) is 5.41 Å². The van der Waals surface area contributed by atoms with Gasteiger partial charge in [0.25, 0.3) is 0 Å². The van der Waals surface area contributed by atoms with Crippen LogP contribution in [0.2, 0.25) is 0 Å². The van der Waals surface area contributed by atoms with Crippen LogP contribution in [0.3, 0.4) is 0 Å². The van der Waals surface area contributed by atoms with E-state index >= 15 is 0 Å². The highest BCUT2D eigenvalue weighted by Crippen LogP contribution is 2.25. The highest BCUT2D eigenvalue weighted by molar-refractivity contribution is 5.78. The van der Waals surface area contributed by atoms with Crippen LogP contribution in [-0.2, 0) is 4.79 Å². The fraction of sp³-hybridized carbons (Fsp3) is 0.867. The number of hydrogen-bond acceptors (Lipinski definition) is 3. The number of amides is 2. The molecule has 1 aliphatic heterocycles. The van der Waals surface area contributed by atoms with Crippen LogP contribution in [0.5, 0.6) is 0 Å². The number of carboxylic acid groups (broad SMARTS) is 1. The number of rotatable bonds is 5. The maximum atomic E-state index is 12.3. The van der Waals surface area contributed by atoms with Crippen LogP contribution in [0.1, 0.15) is 40.5 Å². The monoisotopic (exact) mass is 299 g/mol. The van der Waals surface area contributed by atoms with E-state index in [-0.39, 0.29) is 12.6 Å². The minimum Gasteiger partial charge on any atom is -0.481 e. The van der Waals surface area contributed by atoms with Crippen molar-refractivity contribution in [2.24, 2.45) is 5.41 Å². The first kappa shape index (κ1) is 17.8. The number of likely N-dealkylation sites (N-methyl/N-ethyl adjacent to an activating group) is 1. The van der Waals surface area contributed by atoms with Crippen molar-refractivity contribution in [3.63, 3.8) is 0 Å². The summed E-state index contributed by atoms with van der Waals surface area (Å²) in [5, 5.41) is 12.2. The second-order valence-electron chi connectivity index (χ2n) is 6.22. The molecule has 2 N–H and O–H groups in total. The summed E-state index contributed by atoms with van der Waals surface area (Å²) in [5.74, 6) is -0.840. The molecule has 0 spiro atoms. The van der Waals surface area contributed by atoms with Gasteiger partial charge < -0.3 is 15.3 Å². The van der Waals surface area contributed by atoms with E-state index < -0.39 is 11.4 Å². The van der Waals surface area contributed by atoms with E-state index in [0.29, 0.717) is 38.0 Å². The van der Waals surface area contributed by atoms with E-state index in [1.807, 2.05) is 13.8 Å². The molecule has 21 heavy (non-hydrogen) atoms. The molecule has 2 atom stereocenters. The molecule has 2 amide bonds. The van der Waals surface area contributed by atoms with E-state index in [4.69, 9.17) is 0 Å². The average molecular weight is 299 g/mol. The molecule has 0 aromatic rings. The molecule has 122 valence electrons. The Labute approximate surface area is 127 Å². The molecular weight excluding hydrogens is 270 g/mol. The van der Waals surface area contributed by atoms with Crippen molar-refractivity contribution in [1.82, 2.24) is 15.1 Å². The van der Waals surface area contributed by atoms with Gasteiger partial charge in [-0.2, -0.15) is 0 Å². The molecular formula is C15H29N3O3. The van der Waals surface area contributed by atoms with Crippen molar-refractivity contribution in [2.75, 3.05) is 26.7 Å². The summed E-state index contributed by atoms with van der Waals surface area (Å²) >= 11 is 0. The van der Waals surface area contributed by atoms with Gasteiger partial charge in [0.2, 0.25) is 0 Å². The van der Waals surface area contributed by atoms with Crippen LogP contribution in [-0.4, -0.2) is 65.7 Å². The molecule has 0 saturated carbocycles. The second-order valence-corrected chi connectivity index (χ2v) is 6.22. The van der Waals surface area contributed by atoms with Gasteiger partial charge in [0, 0.05) is 31.7 Å². The SMILES string of the molecule is CCC(CC)(CNC(=O)N1CC(C)N(C)C(C)C1)C(=O)O. The molecule has 1 rings (SSSR count). The first-order valence-electron chi connectivity index (χ1n) is 7.75. The Morgan fingerprint density at radius 1 is 1.19 bits per heavy atom. The summed E-state index contributed by atoms with van der Waals surface area (Å²) in [4.78, 5) is 27.8. The smallest absolute Gasteiger partial charge is 0.317 e. The van der Waals surface area contributed by atoms with E-state index in [1.54, 1.807) is 4.90 Å². The molecule has 1 fully saturated rings. The summed E-state index contributed by atoms with van der Waals surface area (Å²) < 4.78 is 0. The lowest BCUT2D eigenvalue weighted by Crippen LogP contribution is -2.59. The van der Waals surface area contributed by atoms with E-state index in [1.165, 1.54) is 0 Å². The third-order valence-electron chi connectivity index (χ3n) is 5.03. The first-order valence-corrected chi connectivity index (χ1v) is 7.75. The van der Waals surface area contributed by atoms with Gasteiger partial charge in [-0.25, -0.2) is 4.79 Å². The summed E-state index contributed by atoms with van der Waals surface area (Å²) in [6, 6.07) is 0.455. The summed E-state index contributed by atoms with van der Waals surface area (Å²) in [5.41, 5.74) is -0.862. The van der Waals surface area contributed by atoms with Gasteiger partial charge in [-0.1, -0.05) is 13.8 Å². The lowest BCUT2D eigenvalue weighted by Gasteiger charge is -2.42. The Morgan fingerprint density at radius 3 is 2.05 bits per heavy atom. The largest absolute Gasteiger partial charge is 0.481 e. The molecule has 0 bridgehead atoms. The molecule has 6 heteroatoms. The highest BCUT2D eigenvalue weighted by atomic mass is 16.4. The Balaban J connectivity index is 2.63. The normalized spacial score (nSPS) is 24.0. The summed E-state index contributed by atoms with van der Waals surface area (Å²) in [7, 11) is 2.06. The Bertz CT molecular complexity index is 370. The zero-order valence-corrected chi connectivity index (χ0v) is 13.8. The highest BCUT2D eigenvalue weighted by Gasteiger charge is 2.36. The van der Waals surface area contributed by atoms with Crippen molar-refractivity contribution in [2.45, 2.75) is 52.6 Å². The number of piperazine rings is 1. The topological polar surface area (TPSA) is 72.9 Å². The number of carboxylic acids is 1. The minimum atomic E-state index is -0.862. The average Bonchev–Trinajstić information content (AvgIpc) is 2.45. The standard InChI is InChI=1S/C15H29N3O3/c1-6-15(7-2,13(19)20)10-16-14(21)18-8-11(3)17(5)12(4)9-18/h11-12H,6-10H2,1-5H3,(H,16,21)(H,19,20). The quantitative estimate of drug-likeness (QED) is 0.809. The van der Waals surface area contributed by atoms with Crippen molar-refractivity contribution in [1.29, 1.82) is 0 Å². The molecule has 2 unspecified atom stereocenters. The zero-order chi connectivity index (χ0) is 16.2. The second kappa shape index (κ2) is 7.11. The number of urea groups is 1. The number of nitrogens with one attached hydrogen (secondary N) is 1. The Hall–Kier alpha value is -1.30. The van der Waals surface area contributed by atoms with Crippen LogP contribution in [0.25, 0.3) is 0 Å². The number of aliphatic carboxylic acids is 1. The molecule has 1 aliphatic rings. The maximum Gasteiger partial charge on any atom is 0.317 e. The van der Waals surface area contributed by atoms with Crippen molar-refractivity contribution in [3.05, 3.63) is 0 Å². The predicted molar refractivity (Wildman–Crippen MR) is 82.3 cm³/mol. The van der Waals surface area contributed by atoms with Gasteiger partial charge >= 0.3 is 12.0 Å². The van der Waals surface area contributed by atoms with Gasteiger partial charge in [-0.3, -0.25) is 9.69 Å². The molecule has 0 aromatic heterocycles. The van der Waals surface area contributed by atoms with Crippen LogP contribution in [0, 0.1) is 5.41 Å². The van der Waals surface area contributed by atoms with E-state index in [9.17, 15) is 14.7 Å². The van der Waals surface area contributed by atoms with Crippen molar-refractivity contribution in [3.8, 4) is 0 Å². The zero-order valence-electron chi connectivity index (χ0n) is 13.8. The Morgan fingerprint density at radius 2 is 1.67 bits per heavy atom. The van der Waals surface area contributed by atoms with Gasteiger partial charge in [0.15, 0.2) is 0 Å². The van der Waals surface area contributed by atoms with Gasteiger partial charge in [-0.05, 0) is 33.7 Å². The van der Waals surface area contributed by atoms with Gasteiger partial charge in [0.1, 0.15) is 0 Å². The van der Waals surface area contributed by atoms with Crippen LogP contribution in [0.15, 0.2) is 0 Å². The van der Waals surface area contributed by atoms with Crippen LogP contribution in [0.4, 0.5) is 4.79 Å². The third-order valence-corrected chi connectivity index (χ3v) is 5.03. The van der Waals surface area contributed by atoms with Crippen molar-refractivity contribution >= 4 is 12.0 Å². The molecule has 0 aromatic carbocycles. The summed E-state index contributed by atoms with van der Waals surface area (Å²) in [6.07, 6.45) is 1.02. The third kappa shape index (κ3) is 3.87. The fourth-order valence-electron chi connectivity index (χ4n) is 2.80. The number of hydrogen-bond donors (Lipinski definition) is 2. The number of carbonyl (C=O) groups excluding carboxylic acids is 1. The maximum absolute atomic E-state index is 12.3. The fourth-order valence-corrected chi connectivity index (χ4v) is 2.80. The summed E-state index contributed by atoms with van der Waals surface area (Å²) in [6.45, 7) is 9.41. The minimum absolute atomic E-state index is 0.158. The molecule has 0 aliphatic carbocycles. The predicted octanol–water partition coefficient (Wildman–Crippen LogP) is 1.61. The molecule has 6 nitrogen and oxygen atoms in total.